The third-order valence-electron chi connectivity index (χ3n) is 21.1. The van der Waals surface area contributed by atoms with E-state index in [0.29, 0.717) is 25.7 Å². The highest BCUT2D eigenvalue weighted by atomic mass is 35.5. The first-order valence-corrected chi connectivity index (χ1v) is 35.8. The molecule has 0 aromatic heterocycles. The average molecular weight is 1470 g/mol. The molecule has 4 aliphatic rings. The van der Waals surface area contributed by atoms with E-state index in [1.165, 1.54) is 73.6 Å². The van der Waals surface area contributed by atoms with Crippen molar-refractivity contribution in [2.24, 2.45) is 17.8 Å². The number of amides is 11. The Hall–Kier alpha value is -7.56. The number of carbonyl (C=O) groups is 11. The van der Waals surface area contributed by atoms with Crippen LogP contribution in [0, 0.1) is 17.8 Å². The number of ether oxygens (including phenoxy) is 1. The van der Waals surface area contributed by atoms with Crippen molar-refractivity contribution in [1.29, 1.82) is 0 Å². The van der Waals surface area contributed by atoms with E-state index in [4.69, 9.17) is 16.3 Å². The van der Waals surface area contributed by atoms with Crippen LogP contribution in [-0.2, 0) is 82.7 Å². The summed E-state index contributed by atoms with van der Waals surface area (Å²) < 4.78 is 89.5. The first-order valence-electron chi connectivity index (χ1n) is 35.5. The van der Waals surface area contributed by atoms with Gasteiger partial charge < -0.3 is 59.9 Å². The van der Waals surface area contributed by atoms with Gasteiger partial charge in [-0.3, -0.25) is 52.7 Å². The fourth-order valence-corrected chi connectivity index (χ4v) is 14.4. The second kappa shape index (κ2) is 35.3. The SMILES string of the molecule is CCO[C@@H]1C[C@H]2C(=O)NC3(CCCC3)C(=O)N(C)[C@@H]([C@@H](C)CC)C(=O)N(C)[C@H](C)CC(=O)N(C)[C@@H](CC(C)C)C(=O)N[C@@H]([C@@H](C)CC)C(=O)N(C)[C@@H](C)C(=O)N3CC[C@H]3C(=O)N(CC)[C@@H](Cc3ccc(C(F)(F)F)cc3)C(=O)N(C)CC(=O)N[C@@H](CCc3ccc(C(F)(F)F)c(Cl)c3)C(=O)N2C1. The van der Waals surface area contributed by atoms with E-state index in [2.05, 4.69) is 16.0 Å². The number of halogens is 7. The van der Waals surface area contributed by atoms with E-state index in [9.17, 15) is 50.3 Å². The van der Waals surface area contributed by atoms with Crippen molar-refractivity contribution in [1.82, 2.24) is 55.1 Å². The molecule has 3 aliphatic heterocycles. The highest BCUT2D eigenvalue weighted by molar-refractivity contribution is 6.31. The fourth-order valence-electron chi connectivity index (χ4n) is 14.1. The zero-order chi connectivity index (χ0) is 76.4. The number of alkyl halides is 6. The molecule has 1 spiro atoms. The summed E-state index contributed by atoms with van der Waals surface area (Å²) in [4.78, 5) is 174. The van der Waals surface area contributed by atoms with Crippen LogP contribution in [0.2, 0.25) is 5.02 Å². The topological polar surface area (TPSA) is 259 Å². The van der Waals surface area contributed by atoms with Crippen LogP contribution in [0.1, 0.15) is 162 Å². The van der Waals surface area contributed by atoms with Crippen molar-refractivity contribution >= 4 is 76.6 Å². The molecule has 2 aromatic carbocycles. The Balaban J connectivity index is 1.47. The van der Waals surface area contributed by atoms with Crippen molar-refractivity contribution < 1.29 is 83.8 Å². The highest BCUT2D eigenvalue weighted by Crippen LogP contribution is 2.38. The van der Waals surface area contributed by atoms with Crippen LogP contribution in [0.5, 0.6) is 0 Å². The monoisotopic (exact) mass is 1460 g/mol. The van der Waals surface area contributed by atoms with E-state index in [-0.39, 0.29) is 94.7 Å². The van der Waals surface area contributed by atoms with Gasteiger partial charge in [-0.2, -0.15) is 26.3 Å². The third kappa shape index (κ3) is 19.6. The Bertz CT molecular complexity index is 3360. The molecule has 6 rings (SSSR count). The van der Waals surface area contributed by atoms with Crippen molar-refractivity contribution in [2.45, 2.75) is 231 Å². The molecule has 0 radical (unpaired) electrons. The van der Waals surface area contributed by atoms with Crippen molar-refractivity contribution in [3.63, 3.8) is 0 Å². The van der Waals surface area contributed by atoms with Gasteiger partial charge in [-0.25, -0.2) is 0 Å². The average Bonchev–Trinajstić information content (AvgIpc) is 1.33. The number of nitrogens with zero attached hydrogens (tertiary/aromatic N) is 8. The molecule has 30 heteroatoms. The van der Waals surface area contributed by atoms with Crippen molar-refractivity contribution in [3.8, 4) is 0 Å². The Morgan fingerprint density at radius 3 is 1.81 bits per heavy atom. The quantitative estimate of drug-likeness (QED) is 0.160. The summed E-state index contributed by atoms with van der Waals surface area (Å²) in [5.41, 5.74) is -3.36. The smallest absolute Gasteiger partial charge is 0.377 e. The minimum absolute atomic E-state index is 0.0268. The number of hydrogen-bond acceptors (Lipinski definition) is 12. The molecule has 3 heterocycles. The number of likely N-dealkylation sites (N-methyl/N-ethyl adjacent to an activating group) is 6. The predicted octanol–water partition coefficient (Wildman–Crippen LogP) is 7.12. The molecule has 0 unspecified atom stereocenters. The van der Waals surface area contributed by atoms with E-state index < -0.39 is 184 Å². The second-order valence-corrected chi connectivity index (χ2v) is 28.9. The zero-order valence-electron chi connectivity index (χ0n) is 61.4. The predicted molar refractivity (Wildman–Crippen MR) is 368 cm³/mol. The Morgan fingerprint density at radius 2 is 1.27 bits per heavy atom. The maximum absolute atomic E-state index is 15.4. The molecule has 3 N–H and O–H groups in total. The van der Waals surface area contributed by atoms with Gasteiger partial charge in [0.2, 0.25) is 65.0 Å². The maximum atomic E-state index is 15.4. The lowest BCUT2D eigenvalue weighted by Crippen LogP contribution is -2.65. The van der Waals surface area contributed by atoms with Gasteiger partial charge in [0, 0.05) is 86.8 Å². The Morgan fingerprint density at radius 1 is 0.657 bits per heavy atom. The van der Waals surface area contributed by atoms with Gasteiger partial charge in [0.25, 0.3) is 0 Å². The molecule has 11 amide bonds. The molecule has 12 atom stereocenters. The second-order valence-electron chi connectivity index (χ2n) is 28.5. The van der Waals surface area contributed by atoms with Gasteiger partial charge in [0.15, 0.2) is 0 Å². The number of carbonyl (C=O) groups excluding carboxylic acids is 11. The Labute approximate surface area is 599 Å². The lowest BCUT2D eigenvalue weighted by molar-refractivity contribution is -0.160. The molecule has 0 bridgehead atoms. The summed E-state index contributed by atoms with van der Waals surface area (Å²) in [6, 6.07) is -4.46. The van der Waals surface area contributed by atoms with E-state index in [1.807, 2.05) is 27.7 Å². The number of rotatable bonds is 14. The number of aryl methyl sites for hydroxylation is 1. The van der Waals surface area contributed by atoms with Gasteiger partial charge in [-0.1, -0.05) is 97.0 Å². The summed E-state index contributed by atoms with van der Waals surface area (Å²) in [7, 11) is 7.03. The minimum atomic E-state index is -4.82. The molecule has 1 aliphatic carbocycles. The van der Waals surface area contributed by atoms with E-state index in [0.717, 1.165) is 57.2 Å². The Kier molecular flexibility index (Phi) is 28.8. The van der Waals surface area contributed by atoms with Crippen LogP contribution >= 0.6 is 11.6 Å². The number of fused-ring (bicyclic) bond motifs is 2. The summed E-state index contributed by atoms with van der Waals surface area (Å²) in [5, 5.41) is 7.94. The summed E-state index contributed by atoms with van der Waals surface area (Å²) in [5.74, 6) is -9.06. The highest BCUT2D eigenvalue weighted by Gasteiger charge is 2.52. The first kappa shape index (κ1) is 83.4. The molecule has 3 saturated heterocycles. The molecule has 23 nitrogen and oxygen atoms in total. The van der Waals surface area contributed by atoms with Crippen molar-refractivity contribution in [3.05, 3.63) is 69.7 Å². The maximum Gasteiger partial charge on any atom is 0.417 e. The van der Waals surface area contributed by atoms with Gasteiger partial charge in [-0.05, 0) is 119 Å². The third-order valence-corrected chi connectivity index (χ3v) is 21.4. The fraction of sp³-hybridized carbons (Fsp3) is 0.681. The van der Waals surface area contributed by atoms with Gasteiger partial charge >= 0.3 is 12.4 Å². The molecule has 2 aromatic rings. The van der Waals surface area contributed by atoms with Gasteiger partial charge in [0.1, 0.15) is 53.9 Å². The zero-order valence-corrected chi connectivity index (χ0v) is 62.2. The molecule has 568 valence electrons. The van der Waals surface area contributed by atoms with Crippen LogP contribution in [0.25, 0.3) is 0 Å². The molecular formula is C72H104ClF6N11O12. The molecule has 102 heavy (non-hydrogen) atoms. The summed E-state index contributed by atoms with van der Waals surface area (Å²) in [6.07, 6.45) is -9.39. The van der Waals surface area contributed by atoms with Crippen LogP contribution in [0.15, 0.2) is 42.5 Å². The van der Waals surface area contributed by atoms with Crippen LogP contribution in [-0.4, -0.2) is 238 Å². The number of hydrogen-bond donors (Lipinski definition) is 3. The standard InChI is InChI=1S/C72H104ClF6N11O12/c1-16-42(7)59-67(99)85(13)45(10)63(95)89-33-30-53(89)66(98)88(18-3)56(37-47-22-26-48(27-23-47)71(74,75)76)65(97)83(11)40-57(91)80-52(29-25-46-24-28-50(51(73)36-46)72(77,78)79)64(96)90-39-49(102-19-4)38-55(90)62(94)82-70(31-20-21-32-70)69(101)87(15)60(43(8)17-2)68(100)84(12)44(9)35-58(92)86(14)54(34-41(5)6)61(93)81-59/h22-24,26-28,36,41-45,49,52-56,59-60H,16-21,25,29-35,37-40H2,1-15H3,(H,80,91)(H,81,93)(H,82,94)/t42-,43-,44+,45-,49+,52-,53-,54-,55-,56-,59-,60-/m0/s1. The first-order chi connectivity index (χ1) is 47.7. The molecular weight excluding hydrogens is 1360 g/mol. The largest absolute Gasteiger partial charge is 0.417 e. The van der Waals surface area contributed by atoms with Gasteiger partial charge in [0.05, 0.1) is 28.8 Å². The van der Waals surface area contributed by atoms with Gasteiger partial charge in [-0.15, -0.1) is 0 Å². The molecule has 1 saturated carbocycles. The van der Waals surface area contributed by atoms with Crippen molar-refractivity contribution in [2.75, 3.05) is 68.0 Å². The van der Waals surface area contributed by atoms with Crippen LogP contribution < -0.4 is 16.0 Å². The normalized spacial score (nSPS) is 26.7. The number of benzene rings is 2. The van der Waals surface area contributed by atoms with Crippen LogP contribution in [0.4, 0.5) is 26.3 Å². The molecule has 4 fully saturated rings. The summed E-state index contributed by atoms with van der Waals surface area (Å²) >= 11 is 6.15. The van der Waals surface area contributed by atoms with Crippen LogP contribution in [0.3, 0.4) is 0 Å². The lowest BCUT2D eigenvalue weighted by Gasteiger charge is -2.45. The van der Waals surface area contributed by atoms with E-state index >= 15 is 28.8 Å². The minimum Gasteiger partial charge on any atom is -0.377 e. The number of nitrogens with one attached hydrogen (secondary N) is 3. The van der Waals surface area contributed by atoms with E-state index in [1.54, 1.807) is 27.7 Å². The summed E-state index contributed by atoms with van der Waals surface area (Å²) in [6.45, 7) is 16.2. The lowest BCUT2D eigenvalue weighted by atomic mass is 9.90.